The van der Waals surface area contributed by atoms with Crippen molar-refractivity contribution < 1.29 is 13.2 Å². The lowest BCUT2D eigenvalue weighted by Gasteiger charge is -2.23. The Balaban J connectivity index is 0.00000364. The first-order valence-electron chi connectivity index (χ1n) is 8.33. The van der Waals surface area contributed by atoms with Crippen molar-refractivity contribution in [2.45, 2.75) is 31.7 Å². The van der Waals surface area contributed by atoms with Crippen LogP contribution in [-0.2, 0) is 10.0 Å². The molecular weight excluding hydrogens is 386 g/mol. The van der Waals surface area contributed by atoms with Crippen LogP contribution in [-0.4, -0.2) is 38.9 Å². The fourth-order valence-corrected chi connectivity index (χ4v) is 3.84. The first kappa shape index (κ1) is 23.0. The number of likely N-dealkylation sites (N-methyl/N-ethyl adjacent to an activating group) is 1. The van der Waals surface area contributed by atoms with Crippen LogP contribution in [0.25, 0.3) is 0 Å². The van der Waals surface area contributed by atoms with Crippen LogP contribution in [0.5, 0.6) is 0 Å². The van der Waals surface area contributed by atoms with E-state index in [1.54, 1.807) is 55.3 Å². The minimum atomic E-state index is -3.70. The number of sulfonamides is 1. The molecule has 0 aliphatic carbocycles. The monoisotopic (exact) mass is 411 g/mol. The molecule has 6 nitrogen and oxygen atoms in total. The van der Waals surface area contributed by atoms with Crippen molar-refractivity contribution in [3.63, 3.8) is 0 Å². The van der Waals surface area contributed by atoms with Crippen molar-refractivity contribution in [1.29, 1.82) is 0 Å². The summed E-state index contributed by atoms with van der Waals surface area (Å²) in [5.41, 5.74) is 8.01. The van der Waals surface area contributed by atoms with Gasteiger partial charge in [0, 0.05) is 30.9 Å². The van der Waals surface area contributed by atoms with Crippen LogP contribution in [0.4, 0.5) is 5.69 Å². The van der Waals surface area contributed by atoms with Crippen LogP contribution in [0.3, 0.4) is 0 Å². The van der Waals surface area contributed by atoms with Crippen LogP contribution in [0.2, 0.25) is 0 Å². The van der Waals surface area contributed by atoms with Gasteiger partial charge in [-0.25, -0.2) is 8.42 Å². The Labute approximate surface area is 167 Å². The Morgan fingerprint density at radius 2 is 1.74 bits per heavy atom. The molecule has 0 spiro atoms. The van der Waals surface area contributed by atoms with Crippen molar-refractivity contribution in [1.82, 2.24) is 4.90 Å². The Kier molecular flexibility index (Phi) is 7.83. The second-order valence-electron chi connectivity index (χ2n) is 6.45. The van der Waals surface area contributed by atoms with E-state index in [1.807, 2.05) is 19.9 Å². The van der Waals surface area contributed by atoms with Crippen molar-refractivity contribution in [2.24, 2.45) is 5.73 Å². The third kappa shape index (κ3) is 5.45. The van der Waals surface area contributed by atoms with Gasteiger partial charge in [0.25, 0.3) is 15.9 Å². The lowest BCUT2D eigenvalue weighted by Crippen LogP contribution is -2.39. The molecule has 1 atom stereocenters. The smallest absolute Gasteiger partial charge is 0.262 e. The van der Waals surface area contributed by atoms with Gasteiger partial charge in [-0.3, -0.25) is 9.52 Å². The maximum Gasteiger partial charge on any atom is 0.262 e. The van der Waals surface area contributed by atoms with Gasteiger partial charge >= 0.3 is 0 Å². The average molecular weight is 412 g/mol. The van der Waals surface area contributed by atoms with Gasteiger partial charge in [0.05, 0.1) is 4.90 Å². The lowest BCUT2D eigenvalue weighted by atomic mass is 10.1. The minimum Gasteiger partial charge on any atom is -0.338 e. The number of amides is 1. The van der Waals surface area contributed by atoms with E-state index in [0.717, 1.165) is 5.56 Å². The molecular formula is C19H26ClN3O3S. The van der Waals surface area contributed by atoms with E-state index in [9.17, 15) is 13.2 Å². The molecule has 1 unspecified atom stereocenters. The molecule has 148 valence electrons. The molecule has 0 saturated heterocycles. The molecule has 2 aromatic carbocycles. The molecule has 8 heteroatoms. The van der Waals surface area contributed by atoms with E-state index >= 15 is 0 Å². The third-order valence-electron chi connectivity index (χ3n) is 4.34. The van der Waals surface area contributed by atoms with E-state index < -0.39 is 10.0 Å². The highest BCUT2D eigenvalue weighted by atomic mass is 35.5. The Hall–Kier alpha value is -2.09. The molecule has 0 aliphatic rings. The minimum absolute atomic E-state index is 0. The molecule has 0 heterocycles. The number of halogens is 1. The van der Waals surface area contributed by atoms with E-state index in [4.69, 9.17) is 5.73 Å². The maximum atomic E-state index is 12.6. The van der Waals surface area contributed by atoms with Crippen molar-refractivity contribution in [3.05, 3.63) is 59.2 Å². The summed E-state index contributed by atoms with van der Waals surface area (Å²) in [5.74, 6) is -0.160. The Morgan fingerprint density at radius 3 is 2.30 bits per heavy atom. The van der Waals surface area contributed by atoms with E-state index in [0.29, 0.717) is 23.4 Å². The molecule has 27 heavy (non-hydrogen) atoms. The second-order valence-corrected chi connectivity index (χ2v) is 8.10. The van der Waals surface area contributed by atoms with Crippen molar-refractivity contribution >= 4 is 34.0 Å². The van der Waals surface area contributed by atoms with Gasteiger partial charge in [-0.05, 0) is 62.2 Å². The van der Waals surface area contributed by atoms with Crippen LogP contribution in [0, 0.1) is 13.8 Å². The number of hydrogen-bond acceptors (Lipinski definition) is 4. The van der Waals surface area contributed by atoms with Gasteiger partial charge in [0.2, 0.25) is 0 Å². The maximum absolute atomic E-state index is 12.6. The molecule has 2 aromatic rings. The normalized spacial score (nSPS) is 12.0. The van der Waals surface area contributed by atoms with Crippen LogP contribution in [0.1, 0.15) is 28.4 Å². The zero-order valence-corrected chi connectivity index (χ0v) is 17.5. The molecule has 0 aromatic heterocycles. The topological polar surface area (TPSA) is 92.5 Å². The van der Waals surface area contributed by atoms with Crippen LogP contribution >= 0.6 is 12.4 Å². The van der Waals surface area contributed by atoms with Gasteiger partial charge in [-0.1, -0.05) is 12.1 Å². The van der Waals surface area contributed by atoms with Crippen molar-refractivity contribution in [2.75, 3.05) is 18.3 Å². The number of aryl methyl sites for hydroxylation is 2. The first-order chi connectivity index (χ1) is 12.2. The number of carbonyl (C=O) groups excluding carboxylic acids is 1. The summed E-state index contributed by atoms with van der Waals surface area (Å²) in [6.45, 7) is 5.84. The summed E-state index contributed by atoms with van der Waals surface area (Å²) in [5, 5.41) is 0. The van der Waals surface area contributed by atoms with Crippen LogP contribution in [0.15, 0.2) is 47.4 Å². The highest BCUT2D eigenvalue weighted by Gasteiger charge is 2.19. The summed E-state index contributed by atoms with van der Waals surface area (Å²) in [4.78, 5) is 14.2. The number of rotatable bonds is 6. The zero-order chi connectivity index (χ0) is 19.5. The summed E-state index contributed by atoms with van der Waals surface area (Å²) in [7, 11) is -2.00. The Morgan fingerprint density at radius 1 is 1.15 bits per heavy atom. The second kappa shape index (κ2) is 9.21. The number of hydrogen-bond donors (Lipinski definition) is 2. The van der Waals surface area contributed by atoms with Gasteiger partial charge in [-0.15, -0.1) is 12.4 Å². The highest BCUT2D eigenvalue weighted by Crippen LogP contribution is 2.21. The average Bonchev–Trinajstić information content (AvgIpc) is 2.62. The zero-order valence-electron chi connectivity index (χ0n) is 15.9. The highest BCUT2D eigenvalue weighted by molar-refractivity contribution is 7.92. The van der Waals surface area contributed by atoms with Gasteiger partial charge in [0.15, 0.2) is 0 Å². The lowest BCUT2D eigenvalue weighted by molar-refractivity contribution is 0.0748. The molecule has 0 bridgehead atoms. The standard InChI is InChI=1S/C19H25N3O3S.ClH/c1-13-5-6-14(2)18(11-13)26(24,25)21-17-9-7-16(8-10-17)19(23)22(4)15(3)12-20;/h5-11,15,21H,12,20H2,1-4H3;1H. The van der Waals surface area contributed by atoms with Crippen molar-refractivity contribution in [3.8, 4) is 0 Å². The van der Waals surface area contributed by atoms with Gasteiger partial charge in [-0.2, -0.15) is 0 Å². The third-order valence-corrected chi connectivity index (χ3v) is 5.86. The molecule has 0 radical (unpaired) electrons. The molecule has 0 aliphatic heterocycles. The number of nitrogens with one attached hydrogen (secondary N) is 1. The molecule has 0 saturated carbocycles. The molecule has 1 amide bonds. The largest absolute Gasteiger partial charge is 0.338 e. The fraction of sp³-hybridized carbons (Fsp3) is 0.316. The first-order valence-corrected chi connectivity index (χ1v) is 9.81. The van der Waals surface area contributed by atoms with Crippen LogP contribution < -0.4 is 10.5 Å². The van der Waals surface area contributed by atoms with Gasteiger partial charge < -0.3 is 10.6 Å². The number of nitrogens with zero attached hydrogens (tertiary/aromatic N) is 1. The quantitative estimate of drug-likeness (QED) is 0.764. The number of benzene rings is 2. The summed E-state index contributed by atoms with van der Waals surface area (Å²) < 4.78 is 27.8. The molecule has 0 fully saturated rings. The predicted molar refractivity (Wildman–Crippen MR) is 111 cm³/mol. The fourth-order valence-electron chi connectivity index (χ4n) is 2.45. The van der Waals surface area contributed by atoms with E-state index in [1.165, 1.54) is 0 Å². The van der Waals surface area contributed by atoms with E-state index in [-0.39, 0.29) is 29.3 Å². The number of carbonyl (C=O) groups is 1. The SMILES string of the molecule is Cc1ccc(C)c(S(=O)(=O)Nc2ccc(C(=O)N(C)C(C)CN)cc2)c1.Cl. The molecule has 3 N–H and O–H groups in total. The Bertz CT molecular complexity index is 899. The summed E-state index contributed by atoms with van der Waals surface area (Å²) >= 11 is 0. The number of anilines is 1. The van der Waals surface area contributed by atoms with E-state index in [2.05, 4.69) is 4.72 Å². The summed E-state index contributed by atoms with van der Waals surface area (Å²) in [6, 6.07) is 11.6. The van der Waals surface area contributed by atoms with Gasteiger partial charge in [0.1, 0.15) is 0 Å². The number of nitrogens with two attached hydrogens (primary N) is 1. The molecule has 2 rings (SSSR count). The summed E-state index contributed by atoms with van der Waals surface area (Å²) in [6.07, 6.45) is 0. The predicted octanol–water partition coefficient (Wildman–Crippen LogP) is 2.95.